The van der Waals surface area contributed by atoms with E-state index in [1.54, 1.807) is 6.08 Å². The molecule has 0 spiro atoms. The molecule has 0 heterocycles. The zero-order valence-electron chi connectivity index (χ0n) is 14.0. The summed E-state index contributed by atoms with van der Waals surface area (Å²) in [6.45, 7) is 4.09. The van der Waals surface area contributed by atoms with E-state index in [2.05, 4.69) is 18.2 Å². The molecule has 128 valence electrons. The fourth-order valence-corrected chi connectivity index (χ4v) is 3.93. The molecule has 0 amide bonds. The van der Waals surface area contributed by atoms with Crippen LogP contribution in [0.3, 0.4) is 0 Å². The van der Waals surface area contributed by atoms with E-state index in [1.165, 1.54) is 11.1 Å². The summed E-state index contributed by atoms with van der Waals surface area (Å²) in [5, 5.41) is 0. The lowest BCUT2D eigenvalue weighted by Crippen LogP contribution is -2.19. The number of rotatable bonds is 5. The Kier molecular flexibility index (Phi) is 5.08. The van der Waals surface area contributed by atoms with Gasteiger partial charge in [0.25, 0.3) is 0 Å². The predicted molar refractivity (Wildman–Crippen MR) is 97.9 cm³/mol. The van der Waals surface area contributed by atoms with E-state index in [1.807, 2.05) is 32.0 Å². The largest absolute Gasteiger partial charge is 0.461 e. The minimum Gasteiger partial charge on any atom is -0.461 e. The second kappa shape index (κ2) is 6.93. The van der Waals surface area contributed by atoms with Crippen LogP contribution in [0.1, 0.15) is 32.3 Å². The molecule has 1 saturated carbocycles. The number of halogens is 2. The molecule has 2 nitrogen and oxygen atoms in total. The summed E-state index contributed by atoms with van der Waals surface area (Å²) in [5.74, 6) is -0.216. The second-order valence-corrected chi connectivity index (χ2v) is 8.31. The Morgan fingerprint density at radius 3 is 2.67 bits per heavy atom. The average molecular weight is 365 g/mol. The van der Waals surface area contributed by atoms with Crippen LogP contribution < -0.4 is 0 Å². The number of hydrogen-bond donors (Lipinski definition) is 0. The molecular weight excluding hydrogens is 343 g/mol. The summed E-state index contributed by atoms with van der Waals surface area (Å²) >= 11 is 11.5. The Balaban J connectivity index is 1.52. The Morgan fingerprint density at radius 1 is 1.29 bits per heavy atom. The minimum atomic E-state index is -0.150. The summed E-state index contributed by atoms with van der Waals surface area (Å²) in [7, 11) is 0. The van der Waals surface area contributed by atoms with E-state index in [0.29, 0.717) is 0 Å². The molecule has 0 radical (unpaired) electrons. The van der Waals surface area contributed by atoms with Gasteiger partial charge in [0, 0.05) is 12.8 Å². The summed E-state index contributed by atoms with van der Waals surface area (Å²) < 4.78 is 5.96. The van der Waals surface area contributed by atoms with Gasteiger partial charge in [0.15, 0.2) is 0 Å². The number of allylic oxidation sites excluding steroid dienone is 1. The lowest BCUT2D eigenvalue weighted by Gasteiger charge is -2.13. The molecule has 0 saturated heterocycles. The highest BCUT2D eigenvalue weighted by Crippen LogP contribution is 2.60. The highest BCUT2D eigenvalue weighted by atomic mass is 35.5. The van der Waals surface area contributed by atoms with E-state index < -0.39 is 0 Å². The quantitative estimate of drug-likeness (QED) is 0.512. The van der Waals surface area contributed by atoms with E-state index >= 15 is 0 Å². The first-order chi connectivity index (χ1) is 11.4. The molecule has 1 aromatic rings. The lowest BCUT2D eigenvalue weighted by atomic mass is 10.0. The van der Waals surface area contributed by atoms with Crippen LogP contribution in [0.15, 0.2) is 52.5 Å². The van der Waals surface area contributed by atoms with Crippen molar-refractivity contribution >= 4 is 29.2 Å². The van der Waals surface area contributed by atoms with Crippen LogP contribution in [0.4, 0.5) is 0 Å². The SMILES string of the molecule is CC1(C)[C@H](C=C(Cl)Cl)[C@H]1C(=O)OC1CC=C(Cc2ccccc2)C1. The van der Waals surface area contributed by atoms with Crippen molar-refractivity contribution in [3.63, 3.8) is 0 Å². The summed E-state index contributed by atoms with van der Waals surface area (Å²) in [5.41, 5.74) is 2.50. The van der Waals surface area contributed by atoms with Crippen molar-refractivity contribution in [1.29, 1.82) is 0 Å². The van der Waals surface area contributed by atoms with Crippen molar-refractivity contribution in [1.82, 2.24) is 0 Å². The molecule has 0 aromatic heterocycles. The monoisotopic (exact) mass is 364 g/mol. The Hall–Kier alpha value is -1.25. The molecule has 1 fully saturated rings. The highest BCUT2D eigenvalue weighted by Gasteiger charge is 2.61. The van der Waals surface area contributed by atoms with Crippen LogP contribution in [0, 0.1) is 17.3 Å². The van der Waals surface area contributed by atoms with Gasteiger partial charge >= 0.3 is 5.97 Å². The summed E-state index contributed by atoms with van der Waals surface area (Å²) in [4.78, 5) is 12.5. The topological polar surface area (TPSA) is 26.3 Å². The van der Waals surface area contributed by atoms with E-state index in [0.717, 1.165) is 19.3 Å². The van der Waals surface area contributed by atoms with E-state index in [4.69, 9.17) is 27.9 Å². The maximum absolute atomic E-state index is 12.5. The molecule has 0 aliphatic heterocycles. The third-order valence-electron chi connectivity index (χ3n) is 5.19. The molecule has 0 bridgehead atoms. The first kappa shape index (κ1) is 17.6. The molecule has 1 unspecified atom stereocenters. The van der Waals surface area contributed by atoms with Crippen molar-refractivity contribution < 1.29 is 9.53 Å². The van der Waals surface area contributed by atoms with Gasteiger partial charge in [-0.05, 0) is 29.4 Å². The van der Waals surface area contributed by atoms with Crippen LogP contribution in [0.2, 0.25) is 0 Å². The Labute approximate surface area is 153 Å². The smallest absolute Gasteiger partial charge is 0.310 e. The Bertz CT molecular complexity index is 672. The zero-order valence-corrected chi connectivity index (χ0v) is 15.5. The standard InChI is InChI=1S/C20H22Cl2O2/c1-20(2)16(12-17(21)22)18(20)19(23)24-15-9-8-14(11-15)10-13-6-4-3-5-7-13/h3-8,12,15-16,18H,9-11H2,1-2H3/t15?,16-,18+/m1/s1. The minimum absolute atomic E-state index is 0.0382. The molecular formula is C20H22Cl2O2. The van der Waals surface area contributed by atoms with Crippen LogP contribution in [0.25, 0.3) is 0 Å². The van der Waals surface area contributed by atoms with Gasteiger partial charge in [0.2, 0.25) is 0 Å². The van der Waals surface area contributed by atoms with Gasteiger partial charge in [0.1, 0.15) is 10.6 Å². The zero-order chi connectivity index (χ0) is 17.3. The van der Waals surface area contributed by atoms with Crippen LogP contribution in [0.5, 0.6) is 0 Å². The molecule has 4 heteroatoms. The molecule has 0 N–H and O–H groups in total. The summed E-state index contributed by atoms with van der Waals surface area (Å²) in [6, 6.07) is 10.4. The van der Waals surface area contributed by atoms with Crippen molar-refractivity contribution in [3.8, 4) is 0 Å². The van der Waals surface area contributed by atoms with Crippen LogP contribution in [-0.4, -0.2) is 12.1 Å². The summed E-state index contributed by atoms with van der Waals surface area (Å²) in [6.07, 6.45) is 6.47. The third kappa shape index (κ3) is 3.87. The molecule has 3 rings (SSSR count). The maximum atomic E-state index is 12.5. The van der Waals surface area contributed by atoms with Crippen LogP contribution in [-0.2, 0) is 16.0 Å². The van der Waals surface area contributed by atoms with Crippen molar-refractivity contribution in [2.45, 2.75) is 39.2 Å². The number of ether oxygens (including phenoxy) is 1. The fraction of sp³-hybridized carbons (Fsp3) is 0.450. The lowest BCUT2D eigenvalue weighted by molar-refractivity contribution is -0.151. The number of esters is 1. The Morgan fingerprint density at radius 2 is 2.00 bits per heavy atom. The first-order valence-electron chi connectivity index (χ1n) is 8.33. The van der Waals surface area contributed by atoms with Gasteiger partial charge in [-0.15, -0.1) is 0 Å². The van der Waals surface area contributed by atoms with Gasteiger partial charge in [-0.25, -0.2) is 0 Å². The predicted octanol–water partition coefficient (Wildman–Crippen LogP) is 5.45. The van der Waals surface area contributed by atoms with Gasteiger partial charge < -0.3 is 4.74 Å². The molecule has 2 aliphatic rings. The van der Waals surface area contributed by atoms with Crippen molar-refractivity contribution in [3.05, 3.63) is 58.1 Å². The van der Waals surface area contributed by atoms with Crippen LogP contribution >= 0.6 is 23.2 Å². The van der Waals surface area contributed by atoms with Crippen molar-refractivity contribution in [2.24, 2.45) is 17.3 Å². The molecule has 1 aromatic carbocycles. The number of hydrogen-bond acceptors (Lipinski definition) is 2. The normalized spacial score (nSPS) is 27.3. The van der Waals surface area contributed by atoms with E-state index in [9.17, 15) is 4.79 Å². The highest BCUT2D eigenvalue weighted by molar-refractivity contribution is 6.55. The average Bonchev–Trinajstić information content (AvgIpc) is 2.83. The van der Waals surface area contributed by atoms with E-state index in [-0.39, 0.29) is 33.8 Å². The maximum Gasteiger partial charge on any atom is 0.310 e. The first-order valence-corrected chi connectivity index (χ1v) is 9.08. The van der Waals surface area contributed by atoms with Gasteiger partial charge in [-0.2, -0.15) is 0 Å². The van der Waals surface area contributed by atoms with Gasteiger partial charge in [0.05, 0.1) is 5.92 Å². The number of carbonyl (C=O) groups is 1. The molecule has 3 atom stereocenters. The second-order valence-electron chi connectivity index (χ2n) is 7.30. The molecule has 2 aliphatic carbocycles. The molecule has 24 heavy (non-hydrogen) atoms. The number of benzene rings is 1. The van der Waals surface area contributed by atoms with Gasteiger partial charge in [-0.3, -0.25) is 4.79 Å². The third-order valence-corrected chi connectivity index (χ3v) is 5.44. The fourth-order valence-electron chi connectivity index (χ4n) is 3.66. The number of carbonyl (C=O) groups excluding carboxylic acids is 1. The van der Waals surface area contributed by atoms with Crippen molar-refractivity contribution in [2.75, 3.05) is 0 Å². The van der Waals surface area contributed by atoms with Gasteiger partial charge in [-0.1, -0.05) is 79.0 Å².